The standard InChI is InChI=1S/C23H28F3N5O5S/c1-22(2,3)36-21(33)29-37(34,35)30-13-10-18(11-14-30)31(19-5-4-12-27-15-19)20(32)28-17-8-6-16(7-9-17)23(24,25)26/h4-9,12,15,18H,10-11,13-14H2,1-3H3,(H,28,32)(H,29,33). The maximum atomic E-state index is 13.2. The Morgan fingerprint density at radius 3 is 2.22 bits per heavy atom. The maximum Gasteiger partial charge on any atom is 0.422 e. The molecular weight excluding hydrogens is 515 g/mol. The normalized spacial score (nSPS) is 15.6. The highest BCUT2D eigenvalue weighted by Gasteiger charge is 2.35. The molecule has 3 amide bonds. The molecule has 2 heterocycles. The Kier molecular flexibility index (Phi) is 8.32. The Morgan fingerprint density at radius 2 is 1.70 bits per heavy atom. The maximum absolute atomic E-state index is 13.2. The van der Waals surface area contributed by atoms with Gasteiger partial charge in [-0.2, -0.15) is 25.9 Å². The molecule has 14 heteroatoms. The van der Waals surface area contributed by atoms with Crippen molar-refractivity contribution in [3.63, 3.8) is 0 Å². The fraction of sp³-hybridized carbons (Fsp3) is 0.435. The number of anilines is 2. The third-order valence-corrected chi connectivity index (χ3v) is 6.82. The van der Waals surface area contributed by atoms with Gasteiger partial charge in [0, 0.05) is 31.0 Å². The summed E-state index contributed by atoms with van der Waals surface area (Å²) in [6.07, 6.45) is -2.17. The van der Waals surface area contributed by atoms with Crippen molar-refractivity contribution < 1.29 is 35.9 Å². The average Bonchev–Trinajstić information content (AvgIpc) is 2.78. The summed E-state index contributed by atoms with van der Waals surface area (Å²) in [4.78, 5) is 30.6. The van der Waals surface area contributed by atoms with Crippen LogP contribution in [0.3, 0.4) is 0 Å². The minimum Gasteiger partial charge on any atom is -0.443 e. The molecule has 0 bridgehead atoms. The number of hydrogen-bond donors (Lipinski definition) is 2. The van der Waals surface area contributed by atoms with Crippen molar-refractivity contribution in [3.8, 4) is 0 Å². The van der Waals surface area contributed by atoms with Crippen LogP contribution in [0.15, 0.2) is 48.8 Å². The van der Waals surface area contributed by atoms with Crippen LogP contribution in [0.25, 0.3) is 0 Å². The molecule has 0 radical (unpaired) electrons. The molecule has 202 valence electrons. The van der Waals surface area contributed by atoms with E-state index in [1.165, 1.54) is 17.3 Å². The molecule has 1 aromatic carbocycles. The predicted octanol–water partition coefficient (Wildman–Crippen LogP) is 4.37. The number of alkyl halides is 3. The van der Waals surface area contributed by atoms with Crippen LogP contribution < -0.4 is 14.9 Å². The summed E-state index contributed by atoms with van der Waals surface area (Å²) in [5.74, 6) is 0. The van der Waals surface area contributed by atoms with Gasteiger partial charge in [0.1, 0.15) is 5.60 Å². The smallest absolute Gasteiger partial charge is 0.422 e. The molecule has 3 rings (SSSR count). The van der Waals surface area contributed by atoms with Gasteiger partial charge in [0.15, 0.2) is 0 Å². The topological polar surface area (TPSA) is 121 Å². The zero-order valence-corrected chi connectivity index (χ0v) is 21.3. The highest BCUT2D eigenvalue weighted by Crippen LogP contribution is 2.30. The van der Waals surface area contributed by atoms with Crippen LogP contribution in [0.2, 0.25) is 0 Å². The van der Waals surface area contributed by atoms with Gasteiger partial charge in [-0.3, -0.25) is 9.88 Å². The number of halogens is 3. The van der Waals surface area contributed by atoms with E-state index in [1.54, 1.807) is 32.9 Å². The number of benzene rings is 1. The van der Waals surface area contributed by atoms with E-state index in [2.05, 4.69) is 10.3 Å². The van der Waals surface area contributed by atoms with Crippen LogP contribution in [-0.4, -0.2) is 54.6 Å². The van der Waals surface area contributed by atoms with Crippen molar-refractivity contribution in [3.05, 3.63) is 54.4 Å². The van der Waals surface area contributed by atoms with E-state index in [0.717, 1.165) is 28.6 Å². The molecule has 2 aromatic rings. The second-order valence-electron chi connectivity index (χ2n) is 9.33. The van der Waals surface area contributed by atoms with Crippen molar-refractivity contribution in [2.45, 2.75) is 51.4 Å². The Bertz CT molecular complexity index is 1190. The van der Waals surface area contributed by atoms with Gasteiger partial charge in [-0.1, -0.05) is 0 Å². The van der Waals surface area contributed by atoms with Crippen LogP contribution in [-0.2, 0) is 21.1 Å². The predicted molar refractivity (Wildman–Crippen MR) is 130 cm³/mol. The largest absolute Gasteiger partial charge is 0.443 e. The lowest BCUT2D eigenvalue weighted by atomic mass is 10.0. The third kappa shape index (κ3) is 7.79. The summed E-state index contributed by atoms with van der Waals surface area (Å²) in [5, 5.41) is 2.59. The Morgan fingerprint density at radius 1 is 1.08 bits per heavy atom. The van der Waals surface area contributed by atoms with Crippen molar-refractivity contribution in [2.75, 3.05) is 23.3 Å². The number of ether oxygens (including phenoxy) is 1. The summed E-state index contributed by atoms with van der Waals surface area (Å²) in [7, 11) is -4.17. The zero-order chi connectivity index (χ0) is 27.4. The number of urea groups is 1. The molecule has 0 saturated carbocycles. The number of amides is 3. The van der Waals surface area contributed by atoms with Gasteiger partial charge < -0.3 is 10.1 Å². The molecule has 0 unspecified atom stereocenters. The number of carbonyl (C=O) groups excluding carboxylic acids is 2. The van der Waals surface area contributed by atoms with E-state index in [9.17, 15) is 31.2 Å². The van der Waals surface area contributed by atoms with E-state index >= 15 is 0 Å². The fourth-order valence-electron chi connectivity index (χ4n) is 3.73. The van der Waals surface area contributed by atoms with Gasteiger partial charge in [-0.25, -0.2) is 14.3 Å². The Balaban J connectivity index is 1.71. The molecule has 1 aliphatic rings. The highest BCUT2D eigenvalue weighted by molar-refractivity contribution is 7.87. The van der Waals surface area contributed by atoms with Gasteiger partial charge in [0.2, 0.25) is 0 Å². The molecule has 2 N–H and O–H groups in total. The first-order valence-electron chi connectivity index (χ1n) is 11.3. The molecule has 0 atom stereocenters. The first-order valence-corrected chi connectivity index (χ1v) is 12.8. The van der Waals surface area contributed by atoms with Gasteiger partial charge in [0.25, 0.3) is 0 Å². The Hall–Kier alpha value is -3.39. The number of carbonyl (C=O) groups is 2. The highest BCUT2D eigenvalue weighted by atomic mass is 32.2. The fourth-order valence-corrected chi connectivity index (χ4v) is 4.80. The minimum atomic E-state index is -4.50. The van der Waals surface area contributed by atoms with E-state index in [4.69, 9.17) is 4.74 Å². The Labute approximate surface area is 213 Å². The molecule has 10 nitrogen and oxygen atoms in total. The van der Waals surface area contributed by atoms with Crippen LogP contribution >= 0.6 is 0 Å². The summed E-state index contributed by atoms with van der Waals surface area (Å²) in [6, 6.07) is 6.24. The van der Waals surface area contributed by atoms with Crippen molar-refractivity contribution in [1.29, 1.82) is 0 Å². The quantitative estimate of drug-likeness (QED) is 0.578. The van der Waals surface area contributed by atoms with Gasteiger partial charge >= 0.3 is 28.5 Å². The van der Waals surface area contributed by atoms with Crippen LogP contribution in [0.1, 0.15) is 39.2 Å². The number of nitrogens with one attached hydrogen (secondary N) is 2. The summed E-state index contributed by atoms with van der Waals surface area (Å²) in [6.45, 7) is 4.83. The number of nitrogens with zero attached hydrogens (tertiary/aromatic N) is 3. The van der Waals surface area contributed by atoms with E-state index in [0.29, 0.717) is 5.69 Å². The summed E-state index contributed by atoms with van der Waals surface area (Å²) < 4.78 is 71.8. The first-order chi connectivity index (χ1) is 17.2. The van der Waals surface area contributed by atoms with Crippen molar-refractivity contribution >= 4 is 33.7 Å². The van der Waals surface area contributed by atoms with Crippen molar-refractivity contribution in [1.82, 2.24) is 14.0 Å². The zero-order valence-electron chi connectivity index (χ0n) is 20.4. The minimum absolute atomic E-state index is 0.00706. The third-order valence-electron chi connectivity index (χ3n) is 5.35. The van der Waals surface area contributed by atoms with E-state index < -0.39 is 45.7 Å². The lowest BCUT2D eigenvalue weighted by Crippen LogP contribution is -2.53. The molecule has 1 fully saturated rings. The van der Waals surface area contributed by atoms with Crippen molar-refractivity contribution in [2.24, 2.45) is 0 Å². The van der Waals surface area contributed by atoms with E-state index in [-0.39, 0.29) is 31.6 Å². The second kappa shape index (κ2) is 10.9. The van der Waals surface area contributed by atoms with E-state index in [1.807, 2.05) is 4.72 Å². The van der Waals surface area contributed by atoms with Gasteiger partial charge in [-0.05, 0) is 70.0 Å². The van der Waals surface area contributed by atoms with Crippen LogP contribution in [0, 0.1) is 0 Å². The monoisotopic (exact) mass is 543 g/mol. The van der Waals surface area contributed by atoms with Gasteiger partial charge in [0.05, 0.1) is 17.4 Å². The molecule has 1 aliphatic heterocycles. The lowest BCUT2D eigenvalue weighted by molar-refractivity contribution is -0.137. The molecule has 1 aromatic heterocycles. The molecule has 1 saturated heterocycles. The molecular formula is C23H28F3N5O5S. The number of aromatic nitrogens is 1. The summed E-state index contributed by atoms with van der Waals surface area (Å²) >= 11 is 0. The van der Waals surface area contributed by atoms with Crippen LogP contribution in [0.4, 0.5) is 34.1 Å². The second-order valence-corrected chi connectivity index (χ2v) is 11.0. The molecule has 37 heavy (non-hydrogen) atoms. The molecule has 0 spiro atoms. The van der Waals surface area contributed by atoms with Gasteiger partial charge in [-0.15, -0.1) is 0 Å². The number of piperidine rings is 1. The SMILES string of the molecule is CC(C)(C)OC(=O)NS(=O)(=O)N1CCC(N(C(=O)Nc2ccc(C(F)(F)F)cc2)c2cccnc2)CC1. The molecule has 0 aliphatic carbocycles. The van der Waals surface area contributed by atoms with Crippen LogP contribution in [0.5, 0.6) is 0 Å². The number of hydrogen-bond acceptors (Lipinski definition) is 6. The first kappa shape index (κ1) is 28.2. The average molecular weight is 544 g/mol. The lowest BCUT2D eigenvalue weighted by Gasteiger charge is -2.37. The number of pyridine rings is 1. The number of rotatable bonds is 5. The summed E-state index contributed by atoms with van der Waals surface area (Å²) in [5.41, 5.74) is -1.13.